The highest BCUT2D eigenvalue weighted by Crippen LogP contribution is 2.25. The first-order valence-electron chi connectivity index (χ1n) is 6.82. The zero-order chi connectivity index (χ0) is 12.4. The maximum absolute atomic E-state index is 5.85. The molecule has 98 valence electrons. The Morgan fingerprint density at radius 1 is 1.17 bits per heavy atom. The van der Waals surface area contributed by atoms with Crippen LogP contribution in [0.25, 0.3) is 0 Å². The Morgan fingerprint density at radius 3 is 2.78 bits per heavy atom. The van der Waals surface area contributed by atoms with Gasteiger partial charge >= 0.3 is 0 Å². The van der Waals surface area contributed by atoms with Crippen LogP contribution >= 0.6 is 0 Å². The molecule has 1 aromatic carbocycles. The minimum absolute atomic E-state index is 0.0436. The maximum atomic E-state index is 5.85. The van der Waals surface area contributed by atoms with E-state index in [4.69, 9.17) is 10.5 Å². The van der Waals surface area contributed by atoms with Gasteiger partial charge in [0.25, 0.3) is 0 Å². The van der Waals surface area contributed by atoms with Gasteiger partial charge in [-0.25, -0.2) is 10.9 Å². The maximum Gasteiger partial charge on any atom is 0.119 e. The van der Waals surface area contributed by atoms with E-state index in [9.17, 15) is 0 Å². The van der Waals surface area contributed by atoms with Gasteiger partial charge in [0, 0.05) is 0 Å². The number of hydrogen-bond acceptors (Lipinski definition) is 4. The van der Waals surface area contributed by atoms with Crippen LogP contribution < -0.4 is 21.3 Å². The minimum Gasteiger partial charge on any atom is -0.492 e. The molecule has 0 aromatic heterocycles. The van der Waals surface area contributed by atoms with Gasteiger partial charge in [-0.3, -0.25) is 0 Å². The van der Waals surface area contributed by atoms with Crippen LogP contribution in [0.4, 0.5) is 0 Å². The lowest BCUT2D eigenvalue weighted by Crippen LogP contribution is -2.38. The zero-order valence-corrected chi connectivity index (χ0v) is 10.6. The van der Waals surface area contributed by atoms with Crippen molar-refractivity contribution in [3.05, 3.63) is 29.3 Å². The van der Waals surface area contributed by atoms with E-state index in [2.05, 4.69) is 29.1 Å². The van der Waals surface area contributed by atoms with Crippen LogP contribution in [0.1, 0.15) is 30.4 Å². The van der Waals surface area contributed by atoms with Gasteiger partial charge in [0.15, 0.2) is 0 Å². The summed E-state index contributed by atoms with van der Waals surface area (Å²) >= 11 is 0. The Kier molecular flexibility index (Phi) is 3.50. The van der Waals surface area contributed by atoms with Gasteiger partial charge in [-0.05, 0) is 55.4 Å². The van der Waals surface area contributed by atoms with Crippen LogP contribution in [0.3, 0.4) is 0 Å². The Balaban J connectivity index is 1.59. The van der Waals surface area contributed by atoms with Crippen molar-refractivity contribution in [3.63, 3.8) is 0 Å². The lowest BCUT2D eigenvalue weighted by Gasteiger charge is -2.17. The van der Waals surface area contributed by atoms with E-state index in [0.29, 0.717) is 12.6 Å². The molecule has 1 aromatic rings. The molecule has 18 heavy (non-hydrogen) atoms. The number of hydrogen-bond donors (Lipinski definition) is 3. The number of aryl methyl sites for hydroxylation is 2. The van der Waals surface area contributed by atoms with Crippen LogP contribution in [-0.2, 0) is 12.8 Å². The van der Waals surface area contributed by atoms with Crippen molar-refractivity contribution in [2.75, 3.05) is 6.61 Å². The van der Waals surface area contributed by atoms with Crippen molar-refractivity contribution in [3.8, 4) is 5.75 Å². The molecular weight excluding hydrogens is 226 g/mol. The van der Waals surface area contributed by atoms with Gasteiger partial charge in [-0.2, -0.15) is 0 Å². The quantitative estimate of drug-likeness (QED) is 0.748. The fraction of sp³-hybridized carbons (Fsp3) is 0.571. The van der Waals surface area contributed by atoms with Gasteiger partial charge in [-0.15, -0.1) is 0 Å². The molecule has 0 bridgehead atoms. The first kappa shape index (κ1) is 12.0. The Hall–Kier alpha value is -1.10. The molecule has 4 heteroatoms. The summed E-state index contributed by atoms with van der Waals surface area (Å²) in [5.74, 6) is 0.984. The number of benzene rings is 1. The molecule has 2 aliphatic rings. The Bertz CT molecular complexity index is 422. The van der Waals surface area contributed by atoms with E-state index in [-0.39, 0.29) is 6.17 Å². The van der Waals surface area contributed by atoms with Crippen molar-refractivity contribution >= 4 is 0 Å². The second-order valence-corrected chi connectivity index (χ2v) is 5.28. The molecule has 1 saturated heterocycles. The highest BCUT2D eigenvalue weighted by atomic mass is 16.5. The third kappa shape index (κ3) is 2.66. The standard InChI is InChI=1S/C14H21N3O/c15-14-8-12(16-17-14)9-18-13-6-5-10-3-1-2-4-11(10)7-13/h5-7,12,14,16-17H,1-4,8-9,15H2. The molecule has 1 heterocycles. The monoisotopic (exact) mass is 247 g/mol. The second kappa shape index (κ2) is 5.26. The van der Waals surface area contributed by atoms with Crippen LogP contribution in [-0.4, -0.2) is 18.8 Å². The molecule has 2 atom stereocenters. The van der Waals surface area contributed by atoms with Gasteiger partial charge in [0.2, 0.25) is 0 Å². The van der Waals surface area contributed by atoms with Crippen LogP contribution in [0.2, 0.25) is 0 Å². The molecule has 4 N–H and O–H groups in total. The SMILES string of the molecule is NC1CC(COc2ccc3c(c2)CCCC3)NN1. The first-order valence-corrected chi connectivity index (χ1v) is 6.82. The number of hydrazine groups is 1. The van der Waals surface area contributed by atoms with Gasteiger partial charge in [-0.1, -0.05) is 6.07 Å². The summed E-state index contributed by atoms with van der Waals surface area (Å²) in [6, 6.07) is 6.81. The number of nitrogens with one attached hydrogen (secondary N) is 2. The molecule has 4 nitrogen and oxygen atoms in total. The Labute approximate surface area is 108 Å². The number of nitrogens with two attached hydrogens (primary N) is 1. The zero-order valence-electron chi connectivity index (χ0n) is 10.6. The molecule has 2 unspecified atom stereocenters. The Morgan fingerprint density at radius 2 is 2.00 bits per heavy atom. The van der Waals surface area contributed by atoms with Crippen molar-refractivity contribution in [1.29, 1.82) is 0 Å². The summed E-state index contributed by atoms with van der Waals surface area (Å²) in [4.78, 5) is 0. The fourth-order valence-corrected chi connectivity index (χ4v) is 2.76. The van der Waals surface area contributed by atoms with Crippen LogP contribution in [0, 0.1) is 0 Å². The van der Waals surface area contributed by atoms with Gasteiger partial charge in [0.1, 0.15) is 12.4 Å². The largest absolute Gasteiger partial charge is 0.492 e. The van der Waals surface area contributed by atoms with Crippen molar-refractivity contribution < 1.29 is 4.74 Å². The molecule has 1 fully saturated rings. The lowest BCUT2D eigenvalue weighted by molar-refractivity contribution is 0.272. The number of ether oxygens (including phenoxy) is 1. The molecular formula is C14H21N3O. The van der Waals surface area contributed by atoms with E-state index in [0.717, 1.165) is 12.2 Å². The van der Waals surface area contributed by atoms with Crippen LogP contribution in [0.15, 0.2) is 18.2 Å². The van der Waals surface area contributed by atoms with E-state index >= 15 is 0 Å². The topological polar surface area (TPSA) is 59.3 Å². The second-order valence-electron chi connectivity index (χ2n) is 5.28. The molecule has 3 rings (SSSR count). The molecule has 0 saturated carbocycles. The van der Waals surface area contributed by atoms with Crippen molar-refractivity contribution in [2.45, 2.75) is 44.3 Å². The normalized spacial score (nSPS) is 26.9. The van der Waals surface area contributed by atoms with E-state index in [1.807, 2.05) is 0 Å². The molecule has 1 aliphatic heterocycles. The summed E-state index contributed by atoms with van der Waals surface area (Å²) in [5, 5.41) is 0. The average Bonchev–Trinajstić information content (AvgIpc) is 2.82. The predicted molar refractivity (Wildman–Crippen MR) is 71.2 cm³/mol. The van der Waals surface area contributed by atoms with Gasteiger partial charge in [0.05, 0.1) is 12.2 Å². The molecule has 0 spiro atoms. The highest BCUT2D eigenvalue weighted by Gasteiger charge is 2.21. The predicted octanol–water partition coefficient (Wildman–Crippen LogP) is 1.10. The number of rotatable bonds is 3. The summed E-state index contributed by atoms with van der Waals surface area (Å²) < 4.78 is 5.85. The van der Waals surface area contributed by atoms with Crippen molar-refractivity contribution in [1.82, 2.24) is 10.9 Å². The smallest absolute Gasteiger partial charge is 0.119 e. The van der Waals surface area contributed by atoms with E-state index in [1.165, 1.54) is 36.8 Å². The molecule has 1 aliphatic carbocycles. The van der Waals surface area contributed by atoms with E-state index in [1.54, 1.807) is 0 Å². The average molecular weight is 247 g/mol. The summed E-state index contributed by atoms with van der Waals surface area (Å²) in [6.45, 7) is 0.666. The van der Waals surface area contributed by atoms with Crippen LogP contribution in [0.5, 0.6) is 5.75 Å². The third-order valence-electron chi connectivity index (χ3n) is 3.78. The van der Waals surface area contributed by atoms with Crippen molar-refractivity contribution in [2.24, 2.45) is 5.73 Å². The molecule has 0 amide bonds. The number of fused-ring (bicyclic) bond motifs is 1. The summed E-state index contributed by atoms with van der Waals surface area (Å²) in [6.07, 6.45) is 5.99. The highest BCUT2D eigenvalue weighted by molar-refractivity contribution is 5.37. The lowest BCUT2D eigenvalue weighted by atomic mass is 9.92. The summed E-state index contributed by atoms with van der Waals surface area (Å²) in [7, 11) is 0. The fourth-order valence-electron chi connectivity index (χ4n) is 2.76. The molecule has 0 radical (unpaired) electrons. The minimum atomic E-state index is 0.0436. The summed E-state index contributed by atoms with van der Waals surface area (Å²) in [5.41, 5.74) is 14.9. The first-order chi connectivity index (χ1) is 8.81. The third-order valence-corrected chi connectivity index (χ3v) is 3.78. The van der Waals surface area contributed by atoms with E-state index < -0.39 is 0 Å². The van der Waals surface area contributed by atoms with Gasteiger partial charge < -0.3 is 10.5 Å².